The molecule has 128 valence electrons. The SMILES string of the molecule is CC1CC(NC(=O)C2CCCN2)CCN1Cc1ccccc1.Cl. The van der Waals surface area contributed by atoms with Crippen LogP contribution in [0.2, 0.25) is 0 Å². The molecule has 2 fully saturated rings. The van der Waals surface area contributed by atoms with Crippen molar-refractivity contribution in [3.05, 3.63) is 35.9 Å². The Kier molecular flexibility index (Phi) is 6.88. The largest absolute Gasteiger partial charge is 0.352 e. The van der Waals surface area contributed by atoms with Crippen LogP contribution in [-0.2, 0) is 11.3 Å². The third-order valence-corrected chi connectivity index (χ3v) is 4.97. The Morgan fingerprint density at radius 1 is 1.30 bits per heavy atom. The molecule has 0 bridgehead atoms. The monoisotopic (exact) mass is 337 g/mol. The van der Waals surface area contributed by atoms with Gasteiger partial charge in [-0.15, -0.1) is 12.4 Å². The summed E-state index contributed by atoms with van der Waals surface area (Å²) in [5.74, 6) is 0.200. The lowest BCUT2D eigenvalue weighted by Crippen LogP contribution is -2.51. The molecule has 23 heavy (non-hydrogen) atoms. The first kappa shape index (κ1) is 18.2. The molecule has 2 N–H and O–H groups in total. The number of nitrogens with one attached hydrogen (secondary N) is 2. The molecule has 2 heterocycles. The van der Waals surface area contributed by atoms with Gasteiger partial charge in [-0.25, -0.2) is 0 Å². The molecule has 1 aromatic rings. The summed E-state index contributed by atoms with van der Waals surface area (Å²) in [5.41, 5.74) is 1.37. The molecule has 5 heteroatoms. The molecule has 1 amide bonds. The summed E-state index contributed by atoms with van der Waals surface area (Å²) in [4.78, 5) is 14.7. The summed E-state index contributed by atoms with van der Waals surface area (Å²) < 4.78 is 0. The normalized spacial score (nSPS) is 28.1. The molecule has 0 saturated carbocycles. The van der Waals surface area contributed by atoms with Crippen molar-refractivity contribution in [2.75, 3.05) is 13.1 Å². The van der Waals surface area contributed by atoms with Crippen LogP contribution in [0.5, 0.6) is 0 Å². The number of piperidine rings is 1. The molecule has 3 unspecified atom stereocenters. The molecule has 2 saturated heterocycles. The van der Waals surface area contributed by atoms with Crippen molar-refractivity contribution in [1.29, 1.82) is 0 Å². The van der Waals surface area contributed by atoms with Crippen molar-refractivity contribution in [1.82, 2.24) is 15.5 Å². The highest BCUT2D eigenvalue weighted by atomic mass is 35.5. The van der Waals surface area contributed by atoms with E-state index in [0.29, 0.717) is 12.1 Å². The number of amides is 1. The van der Waals surface area contributed by atoms with Crippen molar-refractivity contribution >= 4 is 18.3 Å². The fourth-order valence-electron chi connectivity index (χ4n) is 3.61. The Labute approximate surface area is 145 Å². The number of benzene rings is 1. The zero-order valence-electron chi connectivity index (χ0n) is 13.8. The molecular weight excluding hydrogens is 310 g/mol. The Balaban J connectivity index is 0.00000192. The molecule has 0 aliphatic carbocycles. The van der Waals surface area contributed by atoms with Crippen LogP contribution in [-0.4, -0.2) is 42.0 Å². The minimum absolute atomic E-state index is 0. The zero-order chi connectivity index (χ0) is 15.4. The number of carbonyl (C=O) groups is 1. The average Bonchev–Trinajstić information content (AvgIpc) is 3.05. The maximum atomic E-state index is 12.2. The van der Waals surface area contributed by atoms with E-state index in [-0.39, 0.29) is 24.4 Å². The summed E-state index contributed by atoms with van der Waals surface area (Å²) in [7, 11) is 0. The van der Waals surface area contributed by atoms with Crippen molar-refractivity contribution < 1.29 is 4.79 Å². The molecule has 2 aliphatic heterocycles. The number of hydrogen-bond donors (Lipinski definition) is 2. The second-order valence-corrected chi connectivity index (χ2v) is 6.68. The number of likely N-dealkylation sites (tertiary alicyclic amines) is 1. The van der Waals surface area contributed by atoms with E-state index in [2.05, 4.69) is 52.8 Å². The minimum Gasteiger partial charge on any atom is -0.352 e. The van der Waals surface area contributed by atoms with Crippen LogP contribution in [0.25, 0.3) is 0 Å². The van der Waals surface area contributed by atoms with Gasteiger partial charge >= 0.3 is 0 Å². The second kappa shape index (κ2) is 8.67. The molecule has 0 spiro atoms. The highest BCUT2D eigenvalue weighted by molar-refractivity contribution is 5.85. The molecule has 0 radical (unpaired) electrons. The number of rotatable bonds is 4. The highest BCUT2D eigenvalue weighted by Crippen LogP contribution is 2.20. The number of nitrogens with zero attached hydrogens (tertiary/aromatic N) is 1. The van der Waals surface area contributed by atoms with Crippen molar-refractivity contribution in [3.63, 3.8) is 0 Å². The molecular formula is C18H28ClN3O. The van der Waals surface area contributed by atoms with Crippen molar-refractivity contribution in [2.24, 2.45) is 0 Å². The summed E-state index contributed by atoms with van der Waals surface area (Å²) in [6.07, 6.45) is 4.19. The first-order valence-electron chi connectivity index (χ1n) is 8.54. The summed E-state index contributed by atoms with van der Waals surface area (Å²) in [6.45, 7) is 5.31. The molecule has 4 nitrogen and oxygen atoms in total. The maximum Gasteiger partial charge on any atom is 0.237 e. The van der Waals surface area contributed by atoms with Gasteiger partial charge in [-0.2, -0.15) is 0 Å². The van der Waals surface area contributed by atoms with Gasteiger partial charge in [-0.3, -0.25) is 9.69 Å². The average molecular weight is 338 g/mol. The molecule has 0 aromatic heterocycles. The lowest BCUT2D eigenvalue weighted by Gasteiger charge is -2.38. The van der Waals surface area contributed by atoms with Crippen LogP contribution in [0, 0.1) is 0 Å². The Hall–Kier alpha value is -1.10. The zero-order valence-corrected chi connectivity index (χ0v) is 14.6. The quantitative estimate of drug-likeness (QED) is 0.886. The van der Waals surface area contributed by atoms with Crippen LogP contribution in [0.3, 0.4) is 0 Å². The van der Waals surface area contributed by atoms with Gasteiger partial charge in [0.2, 0.25) is 5.91 Å². The van der Waals surface area contributed by atoms with Crippen LogP contribution >= 0.6 is 12.4 Å². The minimum atomic E-state index is 0. The molecule has 3 rings (SSSR count). The standard InChI is InChI=1S/C18H27N3O.ClH/c1-14-12-16(20-18(22)17-8-5-10-19-17)9-11-21(14)13-15-6-3-2-4-7-15;/h2-4,6-7,14,16-17,19H,5,8-13H2,1H3,(H,20,22);1H. The van der Waals surface area contributed by atoms with Gasteiger partial charge in [0.05, 0.1) is 6.04 Å². The molecule has 2 aliphatic rings. The van der Waals surface area contributed by atoms with Gasteiger partial charge in [0.15, 0.2) is 0 Å². The van der Waals surface area contributed by atoms with Gasteiger partial charge in [-0.1, -0.05) is 30.3 Å². The van der Waals surface area contributed by atoms with E-state index in [1.807, 2.05) is 0 Å². The molecule has 1 aromatic carbocycles. The van der Waals surface area contributed by atoms with Crippen molar-refractivity contribution in [2.45, 2.75) is 57.3 Å². The van der Waals surface area contributed by atoms with E-state index < -0.39 is 0 Å². The third kappa shape index (κ3) is 4.93. The Morgan fingerprint density at radius 2 is 2.09 bits per heavy atom. The fourth-order valence-corrected chi connectivity index (χ4v) is 3.61. The second-order valence-electron chi connectivity index (χ2n) is 6.68. The van der Waals surface area contributed by atoms with Crippen LogP contribution < -0.4 is 10.6 Å². The lowest BCUT2D eigenvalue weighted by atomic mass is 9.97. The van der Waals surface area contributed by atoms with E-state index in [4.69, 9.17) is 0 Å². The Morgan fingerprint density at radius 3 is 2.74 bits per heavy atom. The van der Waals surface area contributed by atoms with E-state index in [1.54, 1.807) is 0 Å². The predicted molar refractivity (Wildman–Crippen MR) is 95.8 cm³/mol. The predicted octanol–water partition coefficient (Wildman–Crippen LogP) is 2.33. The number of carbonyl (C=O) groups excluding carboxylic acids is 1. The van der Waals surface area contributed by atoms with E-state index in [0.717, 1.165) is 45.3 Å². The topological polar surface area (TPSA) is 44.4 Å². The van der Waals surface area contributed by atoms with E-state index >= 15 is 0 Å². The van der Waals surface area contributed by atoms with Gasteiger partial charge in [0.1, 0.15) is 0 Å². The Bertz CT molecular complexity index is 490. The van der Waals surface area contributed by atoms with Crippen LogP contribution in [0.1, 0.15) is 38.2 Å². The number of halogens is 1. The van der Waals surface area contributed by atoms with E-state index in [1.165, 1.54) is 5.56 Å². The van der Waals surface area contributed by atoms with Gasteiger partial charge in [0, 0.05) is 25.2 Å². The summed E-state index contributed by atoms with van der Waals surface area (Å²) >= 11 is 0. The third-order valence-electron chi connectivity index (χ3n) is 4.97. The first-order chi connectivity index (χ1) is 10.7. The lowest BCUT2D eigenvalue weighted by molar-refractivity contribution is -0.123. The van der Waals surface area contributed by atoms with Crippen molar-refractivity contribution in [3.8, 4) is 0 Å². The van der Waals surface area contributed by atoms with E-state index in [9.17, 15) is 4.79 Å². The van der Waals surface area contributed by atoms with Gasteiger partial charge in [0.25, 0.3) is 0 Å². The summed E-state index contributed by atoms with van der Waals surface area (Å²) in [6, 6.07) is 11.5. The van der Waals surface area contributed by atoms with Gasteiger partial charge in [-0.05, 0) is 44.7 Å². The van der Waals surface area contributed by atoms with Crippen LogP contribution in [0.4, 0.5) is 0 Å². The first-order valence-corrected chi connectivity index (χ1v) is 8.54. The molecule has 3 atom stereocenters. The number of hydrogen-bond acceptors (Lipinski definition) is 3. The fraction of sp³-hybridized carbons (Fsp3) is 0.611. The highest BCUT2D eigenvalue weighted by Gasteiger charge is 2.29. The summed E-state index contributed by atoms with van der Waals surface area (Å²) in [5, 5.41) is 6.52. The van der Waals surface area contributed by atoms with Gasteiger partial charge < -0.3 is 10.6 Å². The smallest absolute Gasteiger partial charge is 0.237 e. The maximum absolute atomic E-state index is 12.2. The van der Waals surface area contributed by atoms with Crippen LogP contribution in [0.15, 0.2) is 30.3 Å².